The summed E-state index contributed by atoms with van der Waals surface area (Å²) in [5, 5.41) is 1.35. The number of rotatable bonds is 0. The molecule has 0 radical (unpaired) electrons. The first-order chi connectivity index (χ1) is 9.20. The smallest absolute Gasteiger partial charge is 0.0707 e. The molecule has 1 aromatic heterocycles. The van der Waals surface area contributed by atoms with Gasteiger partial charge in [0.05, 0.1) is 17.4 Å². The minimum absolute atomic E-state index is 0.381. The normalized spacial score (nSPS) is 20.4. The molecule has 1 aromatic carbocycles. The van der Waals surface area contributed by atoms with E-state index in [1.54, 1.807) is 5.56 Å². The molecule has 19 heavy (non-hydrogen) atoms. The van der Waals surface area contributed by atoms with Crippen LogP contribution in [0.15, 0.2) is 28.9 Å². The highest BCUT2D eigenvalue weighted by atomic mass is 79.9. The van der Waals surface area contributed by atoms with Gasteiger partial charge >= 0.3 is 0 Å². The van der Waals surface area contributed by atoms with E-state index in [4.69, 9.17) is 0 Å². The average Bonchev–Trinajstić information content (AvgIpc) is 2.96. The molecule has 2 nitrogen and oxygen atoms in total. The molecular formula is C16H17BrN2. The highest BCUT2D eigenvalue weighted by molar-refractivity contribution is 9.10. The molecule has 1 saturated carbocycles. The molecular weight excluding hydrogens is 300 g/mol. The molecule has 1 spiro atoms. The van der Waals surface area contributed by atoms with Crippen molar-refractivity contribution < 1.29 is 0 Å². The molecule has 2 aromatic rings. The Hall–Kier alpha value is -1.09. The van der Waals surface area contributed by atoms with Gasteiger partial charge in [0.25, 0.3) is 0 Å². The quantitative estimate of drug-likeness (QED) is 0.722. The van der Waals surface area contributed by atoms with E-state index in [2.05, 4.69) is 57.3 Å². The van der Waals surface area contributed by atoms with Crippen LogP contribution < -0.4 is 4.90 Å². The standard InChI is InChI=1S/C16H17BrN2/c1-19-10-16(6-2-3-7-16)15-12-8-11(17)4-5-13(12)18-9-14(15)19/h4-5,8-9H,2-3,6-7,10H2,1H3. The van der Waals surface area contributed by atoms with E-state index < -0.39 is 0 Å². The topological polar surface area (TPSA) is 16.1 Å². The summed E-state index contributed by atoms with van der Waals surface area (Å²) in [4.78, 5) is 7.03. The van der Waals surface area contributed by atoms with Gasteiger partial charge in [-0.3, -0.25) is 4.98 Å². The summed E-state index contributed by atoms with van der Waals surface area (Å²) in [6, 6.07) is 6.46. The SMILES string of the molecule is CN1CC2(CCCC2)c2c1cnc1ccc(Br)cc21. The Bertz CT molecular complexity index is 659. The zero-order valence-electron chi connectivity index (χ0n) is 11.1. The maximum Gasteiger partial charge on any atom is 0.0707 e. The lowest BCUT2D eigenvalue weighted by atomic mass is 9.79. The molecule has 1 aliphatic carbocycles. The Balaban J connectivity index is 2.07. The van der Waals surface area contributed by atoms with E-state index in [0.717, 1.165) is 16.5 Å². The van der Waals surface area contributed by atoms with Crippen LogP contribution in [0.1, 0.15) is 31.2 Å². The van der Waals surface area contributed by atoms with Gasteiger partial charge < -0.3 is 4.90 Å². The summed E-state index contributed by atoms with van der Waals surface area (Å²) in [5.74, 6) is 0. The Morgan fingerprint density at radius 1 is 1.26 bits per heavy atom. The second kappa shape index (κ2) is 3.95. The Morgan fingerprint density at radius 2 is 2.05 bits per heavy atom. The fraction of sp³-hybridized carbons (Fsp3) is 0.438. The van der Waals surface area contributed by atoms with Crippen LogP contribution in [0.2, 0.25) is 0 Å². The number of likely N-dealkylation sites (N-methyl/N-ethyl adjacent to an activating group) is 1. The third-order valence-electron chi connectivity index (χ3n) is 4.85. The minimum atomic E-state index is 0.381. The lowest BCUT2D eigenvalue weighted by Gasteiger charge is -2.24. The van der Waals surface area contributed by atoms with Crippen LogP contribution in [0, 0.1) is 0 Å². The third kappa shape index (κ3) is 1.57. The van der Waals surface area contributed by atoms with Crippen LogP contribution >= 0.6 is 15.9 Å². The summed E-state index contributed by atoms with van der Waals surface area (Å²) in [7, 11) is 2.21. The van der Waals surface area contributed by atoms with Gasteiger partial charge in [-0.15, -0.1) is 0 Å². The fourth-order valence-corrected chi connectivity index (χ4v) is 4.44. The van der Waals surface area contributed by atoms with Crippen LogP contribution in [-0.2, 0) is 5.41 Å². The van der Waals surface area contributed by atoms with Crippen molar-refractivity contribution in [3.05, 3.63) is 34.4 Å². The van der Waals surface area contributed by atoms with Crippen molar-refractivity contribution in [1.29, 1.82) is 0 Å². The first-order valence-corrected chi connectivity index (χ1v) is 7.79. The molecule has 1 aliphatic heterocycles. The molecule has 2 aliphatic rings. The maximum atomic E-state index is 4.64. The number of nitrogens with zero attached hydrogens (tertiary/aromatic N) is 2. The molecule has 2 heterocycles. The van der Waals surface area contributed by atoms with E-state index in [-0.39, 0.29) is 0 Å². The molecule has 3 heteroatoms. The highest BCUT2D eigenvalue weighted by Crippen LogP contribution is 2.52. The summed E-state index contributed by atoms with van der Waals surface area (Å²) in [6.07, 6.45) is 7.46. The Morgan fingerprint density at radius 3 is 2.84 bits per heavy atom. The van der Waals surface area contributed by atoms with Crippen molar-refractivity contribution in [2.24, 2.45) is 0 Å². The first kappa shape index (κ1) is 11.7. The van der Waals surface area contributed by atoms with Gasteiger partial charge in [0, 0.05) is 28.9 Å². The number of pyridine rings is 1. The zero-order chi connectivity index (χ0) is 13.0. The first-order valence-electron chi connectivity index (χ1n) is 7.00. The van der Waals surface area contributed by atoms with Gasteiger partial charge in [-0.1, -0.05) is 28.8 Å². The van der Waals surface area contributed by atoms with Gasteiger partial charge in [0.15, 0.2) is 0 Å². The van der Waals surface area contributed by atoms with Crippen molar-refractivity contribution in [3.63, 3.8) is 0 Å². The molecule has 1 fully saturated rings. The lowest BCUT2D eigenvalue weighted by Crippen LogP contribution is -2.28. The van der Waals surface area contributed by atoms with Crippen LogP contribution in [-0.4, -0.2) is 18.6 Å². The van der Waals surface area contributed by atoms with Crippen LogP contribution in [0.5, 0.6) is 0 Å². The molecule has 0 bridgehead atoms. The predicted molar refractivity (Wildman–Crippen MR) is 82.9 cm³/mol. The molecule has 0 amide bonds. The van der Waals surface area contributed by atoms with Crippen molar-refractivity contribution in [3.8, 4) is 0 Å². The van der Waals surface area contributed by atoms with E-state index in [0.29, 0.717) is 5.41 Å². The average molecular weight is 317 g/mol. The molecule has 4 rings (SSSR count). The second-order valence-corrected chi connectivity index (χ2v) is 6.94. The van der Waals surface area contributed by atoms with Crippen LogP contribution in [0.4, 0.5) is 5.69 Å². The largest absolute Gasteiger partial charge is 0.372 e. The Kier molecular flexibility index (Phi) is 2.44. The number of hydrogen-bond donors (Lipinski definition) is 0. The summed E-state index contributed by atoms with van der Waals surface area (Å²) >= 11 is 3.61. The molecule has 98 valence electrons. The molecule has 0 unspecified atom stereocenters. The van der Waals surface area contributed by atoms with Gasteiger partial charge in [-0.25, -0.2) is 0 Å². The van der Waals surface area contributed by atoms with Crippen molar-refractivity contribution in [2.75, 3.05) is 18.5 Å². The number of hydrogen-bond acceptors (Lipinski definition) is 2. The minimum Gasteiger partial charge on any atom is -0.372 e. The summed E-state index contributed by atoms with van der Waals surface area (Å²) in [6.45, 7) is 1.16. The zero-order valence-corrected chi connectivity index (χ0v) is 12.7. The third-order valence-corrected chi connectivity index (χ3v) is 5.35. The molecule has 0 atom stereocenters. The van der Waals surface area contributed by atoms with E-state index >= 15 is 0 Å². The number of fused-ring (bicyclic) bond motifs is 4. The lowest BCUT2D eigenvalue weighted by molar-refractivity contribution is 0.476. The van der Waals surface area contributed by atoms with Gasteiger partial charge in [-0.05, 0) is 36.6 Å². The van der Waals surface area contributed by atoms with E-state index in [1.807, 2.05) is 0 Å². The summed E-state index contributed by atoms with van der Waals surface area (Å²) < 4.78 is 1.15. The van der Waals surface area contributed by atoms with Crippen molar-refractivity contribution in [1.82, 2.24) is 4.98 Å². The number of aromatic nitrogens is 1. The van der Waals surface area contributed by atoms with Crippen molar-refractivity contribution in [2.45, 2.75) is 31.1 Å². The maximum absolute atomic E-state index is 4.64. The second-order valence-electron chi connectivity index (χ2n) is 6.02. The van der Waals surface area contributed by atoms with E-state index in [9.17, 15) is 0 Å². The molecule has 0 N–H and O–H groups in total. The summed E-state index contributed by atoms with van der Waals surface area (Å²) in [5.41, 5.74) is 4.40. The monoisotopic (exact) mass is 316 g/mol. The van der Waals surface area contributed by atoms with Crippen LogP contribution in [0.25, 0.3) is 10.9 Å². The van der Waals surface area contributed by atoms with Gasteiger partial charge in [0.2, 0.25) is 0 Å². The van der Waals surface area contributed by atoms with Crippen LogP contribution in [0.3, 0.4) is 0 Å². The van der Waals surface area contributed by atoms with Crippen molar-refractivity contribution >= 4 is 32.5 Å². The van der Waals surface area contributed by atoms with Gasteiger partial charge in [-0.2, -0.15) is 0 Å². The number of halogens is 1. The number of anilines is 1. The fourth-order valence-electron chi connectivity index (χ4n) is 4.08. The molecule has 0 saturated heterocycles. The number of benzene rings is 1. The van der Waals surface area contributed by atoms with E-state index in [1.165, 1.54) is 36.8 Å². The highest BCUT2D eigenvalue weighted by Gasteiger charge is 2.44. The predicted octanol–water partition coefficient (Wildman–Crippen LogP) is 4.26. The Labute approximate surface area is 122 Å². The van der Waals surface area contributed by atoms with Gasteiger partial charge in [0.1, 0.15) is 0 Å².